The minimum Gasteiger partial charge on any atom is -0.482 e. The van der Waals surface area contributed by atoms with Crippen LogP contribution in [0.3, 0.4) is 0 Å². The van der Waals surface area contributed by atoms with Crippen molar-refractivity contribution in [2.24, 2.45) is 10.8 Å². The molecule has 0 aliphatic rings. The summed E-state index contributed by atoms with van der Waals surface area (Å²) in [7, 11) is 0. The topological polar surface area (TPSA) is 99.6 Å². The number of halogens is 2. The Kier molecular flexibility index (Phi) is 6.28. The predicted octanol–water partition coefficient (Wildman–Crippen LogP) is 3.86. The summed E-state index contributed by atoms with van der Waals surface area (Å²) < 4.78 is 7.33. The quantitative estimate of drug-likeness (QED) is 0.548. The van der Waals surface area contributed by atoms with Crippen LogP contribution in [0, 0.1) is 0 Å². The van der Waals surface area contributed by atoms with Crippen LogP contribution < -0.4 is 16.0 Å². The van der Waals surface area contributed by atoms with Crippen LogP contribution in [-0.2, 0) is 10.2 Å². The number of amides is 1. The van der Waals surface area contributed by atoms with E-state index in [1.54, 1.807) is 30.3 Å². The standard InChI is InChI=1S/C21H20BrClN4O3/c1-21(2,3)20-26-16-6-5-13(22)9-14(16)19(29)27(20)25-10-12-4-7-17(15(23)8-12)30-11-18(24)28/h4-10H,11H2,1-3H3,(H2,24,28). The van der Waals surface area contributed by atoms with Crippen molar-refractivity contribution >= 4 is 50.6 Å². The Labute approximate surface area is 186 Å². The van der Waals surface area contributed by atoms with Crippen molar-refractivity contribution < 1.29 is 9.53 Å². The van der Waals surface area contributed by atoms with Crippen LogP contribution in [0.4, 0.5) is 0 Å². The van der Waals surface area contributed by atoms with Gasteiger partial charge in [-0.2, -0.15) is 9.78 Å². The molecule has 0 aliphatic heterocycles. The predicted molar refractivity (Wildman–Crippen MR) is 122 cm³/mol. The molecule has 2 N–H and O–H groups in total. The van der Waals surface area contributed by atoms with E-state index in [0.29, 0.717) is 33.1 Å². The van der Waals surface area contributed by atoms with Crippen LogP contribution in [-0.4, -0.2) is 28.4 Å². The third-order valence-electron chi connectivity index (χ3n) is 4.13. The van der Waals surface area contributed by atoms with Crippen molar-refractivity contribution in [2.45, 2.75) is 26.2 Å². The van der Waals surface area contributed by atoms with E-state index in [9.17, 15) is 9.59 Å². The van der Waals surface area contributed by atoms with E-state index in [1.165, 1.54) is 10.9 Å². The molecule has 7 nitrogen and oxygen atoms in total. The Morgan fingerprint density at radius 3 is 2.67 bits per heavy atom. The van der Waals surface area contributed by atoms with Crippen LogP contribution >= 0.6 is 27.5 Å². The number of primary amides is 1. The summed E-state index contributed by atoms with van der Waals surface area (Å²) in [5, 5.41) is 5.15. The zero-order chi connectivity index (χ0) is 22.1. The minimum atomic E-state index is -0.596. The summed E-state index contributed by atoms with van der Waals surface area (Å²) in [6, 6.07) is 10.3. The third-order valence-corrected chi connectivity index (χ3v) is 4.92. The Hall–Kier alpha value is -2.71. The van der Waals surface area contributed by atoms with E-state index in [-0.39, 0.29) is 12.2 Å². The molecule has 30 heavy (non-hydrogen) atoms. The van der Waals surface area contributed by atoms with Crippen LogP contribution in [0.2, 0.25) is 5.02 Å². The molecule has 3 rings (SSSR count). The maximum absolute atomic E-state index is 13.1. The average Bonchev–Trinajstić information content (AvgIpc) is 2.66. The number of fused-ring (bicyclic) bond motifs is 1. The van der Waals surface area contributed by atoms with Gasteiger partial charge in [-0.1, -0.05) is 48.3 Å². The number of nitrogens with two attached hydrogens (primary N) is 1. The molecule has 0 spiro atoms. The lowest BCUT2D eigenvalue weighted by Crippen LogP contribution is -2.29. The number of carbonyl (C=O) groups is 1. The fourth-order valence-corrected chi connectivity index (χ4v) is 3.33. The molecule has 1 amide bonds. The van der Waals surface area contributed by atoms with Gasteiger partial charge in [-0.3, -0.25) is 9.59 Å². The van der Waals surface area contributed by atoms with Crippen molar-refractivity contribution in [3.63, 3.8) is 0 Å². The average molecular weight is 492 g/mol. The lowest BCUT2D eigenvalue weighted by molar-refractivity contribution is -0.119. The summed E-state index contributed by atoms with van der Waals surface area (Å²) in [6.07, 6.45) is 1.52. The monoisotopic (exact) mass is 490 g/mol. The second kappa shape index (κ2) is 8.57. The van der Waals surface area contributed by atoms with Gasteiger partial charge in [-0.25, -0.2) is 4.98 Å². The number of hydrogen-bond donors (Lipinski definition) is 1. The molecule has 1 heterocycles. The second-order valence-corrected chi connectivity index (χ2v) is 8.98. The first kappa shape index (κ1) is 22.0. The smallest absolute Gasteiger partial charge is 0.282 e. The maximum Gasteiger partial charge on any atom is 0.282 e. The Morgan fingerprint density at radius 1 is 1.30 bits per heavy atom. The third kappa shape index (κ3) is 4.88. The fraction of sp³-hybridized carbons (Fsp3) is 0.238. The zero-order valence-electron chi connectivity index (χ0n) is 16.6. The van der Waals surface area contributed by atoms with E-state index in [0.717, 1.165) is 4.47 Å². The summed E-state index contributed by atoms with van der Waals surface area (Å²) >= 11 is 9.59. The molecule has 0 unspecified atom stereocenters. The van der Waals surface area contributed by atoms with E-state index in [1.807, 2.05) is 26.8 Å². The minimum absolute atomic E-state index is 0.268. The fourth-order valence-electron chi connectivity index (χ4n) is 2.73. The lowest BCUT2D eigenvalue weighted by atomic mass is 9.95. The highest BCUT2D eigenvalue weighted by Gasteiger charge is 2.22. The maximum atomic E-state index is 13.1. The van der Waals surface area contributed by atoms with Gasteiger partial charge in [0.05, 0.1) is 22.1 Å². The molecular formula is C21H20BrClN4O3. The van der Waals surface area contributed by atoms with Crippen molar-refractivity contribution in [1.29, 1.82) is 0 Å². The van der Waals surface area contributed by atoms with Crippen LogP contribution in [0.1, 0.15) is 32.2 Å². The lowest BCUT2D eigenvalue weighted by Gasteiger charge is -2.20. The highest BCUT2D eigenvalue weighted by molar-refractivity contribution is 9.10. The number of rotatable bonds is 5. The number of hydrogen-bond acceptors (Lipinski definition) is 5. The van der Waals surface area contributed by atoms with Gasteiger partial charge in [0, 0.05) is 9.89 Å². The van der Waals surface area contributed by atoms with E-state index < -0.39 is 11.3 Å². The van der Waals surface area contributed by atoms with Crippen LogP contribution in [0.15, 0.2) is 50.8 Å². The van der Waals surface area contributed by atoms with E-state index in [4.69, 9.17) is 22.1 Å². The zero-order valence-corrected chi connectivity index (χ0v) is 19.0. The van der Waals surface area contributed by atoms with Gasteiger partial charge in [0.15, 0.2) is 6.61 Å². The number of carbonyl (C=O) groups excluding carboxylic acids is 1. The molecule has 0 saturated heterocycles. The van der Waals surface area contributed by atoms with Gasteiger partial charge in [-0.05, 0) is 42.0 Å². The first-order valence-electron chi connectivity index (χ1n) is 9.04. The van der Waals surface area contributed by atoms with Crippen LogP contribution in [0.25, 0.3) is 10.9 Å². The number of aromatic nitrogens is 2. The van der Waals surface area contributed by atoms with Crippen molar-refractivity contribution in [1.82, 2.24) is 9.66 Å². The van der Waals surface area contributed by atoms with E-state index in [2.05, 4.69) is 26.0 Å². The second-order valence-electron chi connectivity index (χ2n) is 7.65. The Bertz CT molecular complexity index is 1220. The molecule has 0 saturated carbocycles. The molecule has 3 aromatic rings. The Balaban J connectivity index is 2.05. The van der Waals surface area contributed by atoms with Crippen molar-refractivity contribution in [2.75, 3.05) is 6.61 Å². The van der Waals surface area contributed by atoms with Crippen LogP contribution in [0.5, 0.6) is 5.75 Å². The summed E-state index contributed by atoms with van der Waals surface area (Å²) in [5.41, 5.74) is 5.65. The van der Waals surface area contributed by atoms with Gasteiger partial charge in [0.2, 0.25) is 0 Å². The first-order valence-corrected chi connectivity index (χ1v) is 10.2. The summed E-state index contributed by atoms with van der Waals surface area (Å²) in [5.74, 6) is 0.268. The van der Waals surface area contributed by atoms with E-state index >= 15 is 0 Å². The highest BCUT2D eigenvalue weighted by Crippen LogP contribution is 2.25. The molecule has 2 aromatic carbocycles. The number of ether oxygens (including phenoxy) is 1. The van der Waals surface area contributed by atoms with Gasteiger partial charge in [0.25, 0.3) is 11.5 Å². The molecule has 156 valence electrons. The van der Waals surface area contributed by atoms with Gasteiger partial charge in [0.1, 0.15) is 11.6 Å². The number of benzene rings is 2. The normalized spacial score (nSPS) is 11.9. The summed E-state index contributed by atoms with van der Waals surface area (Å²) in [4.78, 5) is 28.7. The number of nitrogens with zero attached hydrogens (tertiary/aromatic N) is 3. The highest BCUT2D eigenvalue weighted by atomic mass is 79.9. The molecule has 0 radical (unpaired) electrons. The van der Waals surface area contributed by atoms with Gasteiger partial charge in [-0.15, -0.1) is 0 Å². The SMILES string of the molecule is CC(C)(C)c1nc2ccc(Br)cc2c(=O)n1N=Cc1ccc(OCC(N)=O)c(Cl)c1. The van der Waals surface area contributed by atoms with Gasteiger partial charge >= 0.3 is 0 Å². The molecule has 0 aliphatic carbocycles. The van der Waals surface area contributed by atoms with Crippen molar-refractivity contribution in [3.05, 3.63) is 67.6 Å². The molecule has 0 fully saturated rings. The summed E-state index contributed by atoms with van der Waals surface area (Å²) in [6.45, 7) is 5.63. The first-order chi connectivity index (χ1) is 14.1. The molecule has 0 atom stereocenters. The Morgan fingerprint density at radius 2 is 2.03 bits per heavy atom. The largest absolute Gasteiger partial charge is 0.482 e. The molecular weight excluding hydrogens is 472 g/mol. The van der Waals surface area contributed by atoms with Gasteiger partial charge < -0.3 is 10.5 Å². The molecule has 0 bridgehead atoms. The molecule has 1 aromatic heterocycles. The molecule has 9 heteroatoms. The van der Waals surface area contributed by atoms with Crippen molar-refractivity contribution in [3.8, 4) is 5.75 Å².